The maximum atomic E-state index is 12.9. The van der Waals surface area contributed by atoms with Gasteiger partial charge in [0.1, 0.15) is 11.5 Å². The van der Waals surface area contributed by atoms with Crippen LogP contribution < -0.4 is 5.32 Å². The molecule has 1 atom stereocenters. The van der Waals surface area contributed by atoms with Crippen LogP contribution in [0.2, 0.25) is 0 Å². The van der Waals surface area contributed by atoms with Gasteiger partial charge in [0.05, 0.1) is 23.3 Å². The summed E-state index contributed by atoms with van der Waals surface area (Å²) in [6.45, 7) is 1.91. The van der Waals surface area contributed by atoms with Crippen LogP contribution in [0.5, 0.6) is 0 Å². The number of aromatic amines is 1. The zero-order chi connectivity index (χ0) is 18.8. The number of hydrogen-bond donors (Lipinski definition) is 2. The number of amides is 1. The van der Waals surface area contributed by atoms with E-state index < -0.39 is 0 Å². The number of rotatable bonds is 5. The normalized spacial score (nSPS) is 12.2. The maximum absolute atomic E-state index is 12.9. The van der Waals surface area contributed by atoms with E-state index in [4.69, 9.17) is 0 Å². The highest BCUT2D eigenvalue weighted by molar-refractivity contribution is 7.98. The average Bonchev–Trinajstić information content (AvgIpc) is 3.32. The van der Waals surface area contributed by atoms with Gasteiger partial charge < -0.3 is 10.3 Å². The van der Waals surface area contributed by atoms with Crippen LogP contribution in [0.3, 0.4) is 0 Å². The number of hydrogen-bond acceptors (Lipinski definition) is 4. The van der Waals surface area contributed by atoms with Crippen molar-refractivity contribution in [2.24, 2.45) is 0 Å². The minimum atomic E-state index is -0.262. The largest absolute Gasteiger partial charge is 0.341 e. The van der Waals surface area contributed by atoms with Crippen molar-refractivity contribution in [3.63, 3.8) is 0 Å². The number of aromatic nitrogens is 4. The van der Waals surface area contributed by atoms with Crippen LogP contribution in [0.4, 0.5) is 0 Å². The van der Waals surface area contributed by atoms with Gasteiger partial charge >= 0.3 is 0 Å². The Bertz CT molecular complexity index is 1050. The Morgan fingerprint density at radius 1 is 1.15 bits per heavy atom. The van der Waals surface area contributed by atoms with Gasteiger partial charge in [0.25, 0.3) is 5.91 Å². The summed E-state index contributed by atoms with van der Waals surface area (Å²) in [7, 11) is 0. The summed E-state index contributed by atoms with van der Waals surface area (Å²) in [4.78, 5) is 25.2. The number of carbonyl (C=O) groups is 1. The monoisotopic (exact) mass is 377 g/mol. The first-order valence-corrected chi connectivity index (χ1v) is 9.82. The van der Waals surface area contributed by atoms with Crippen molar-refractivity contribution in [3.8, 4) is 5.69 Å². The number of benzene rings is 2. The van der Waals surface area contributed by atoms with E-state index in [9.17, 15) is 4.79 Å². The van der Waals surface area contributed by atoms with Crippen molar-refractivity contribution >= 4 is 28.7 Å². The SMILES string of the molecule is CSc1ncc(C(=O)NC(C)c2nc3ccccc3[nH]2)n1-c1ccccc1. The molecule has 2 aromatic carbocycles. The van der Waals surface area contributed by atoms with Crippen molar-refractivity contribution in [1.82, 2.24) is 24.8 Å². The van der Waals surface area contributed by atoms with Crippen molar-refractivity contribution in [2.75, 3.05) is 6.26 Å². The number of thioether (sulfide) groups is 1. The number of imidazole rings is 2. The second-order valence-electron chi connectivity index (χ2n) is 6.14. The lowest BCUT2D eigenvalue weighted by Gasteiger charge is -2.14. The first kappa shape index (κ1) is 17.4. The molecule has 4 aromatic rings. The molecule has 0 bridgehead atoms. The van der Waals surface area contributed by atoms with Gasteiger partial charge in [0, 0.05) is 5.69 Å². The molecule has 0 aliphatic carbocycles. The number of H-pyrrole nitrogens is 1. The van der Waals surface area contributed by atoms with E-state index in [1.165, 1.54) is 11.8 Å². The molecule has 0 fully saturated rings. The third-order valence-electron chi connectivity index (χ3n) is 4.32. The number of para-hydroxylation sites is 3. The fraction of sp³-hybridized carbons (Fsp3) is 0.150. The van der Waals surface area contributed by atoms with Crippen LogP contribution in [0.1, 0.15) is 29.3 Å². The molecule has 27 heavy (non-hydrogen) atoms. The van der Waals surface area contributed by atoms with Gasteiger partial charge in [0.15, 0.2) is 5.16 Å². The highest BCUT2D eigenvalue weighted by atomic mass is 32.2. The lowest BCUT2D eigenvalue weighted by atomic mass is 10.2. The van der Waals surface area contributed by atoms with Crippen molar-refractivity contribution < 1.29 is 4.79 Å². The zero-order valence-corrected chi connectivity index (χ0v) is 15.8. The van der Waals surface area contributed by atoms with E-state index in [1.54, 1.807) is 6.20 Å². The standard InChI is InChI=1S/C20H19N5OS/c1-13(18-23-15-10-6-7-11-16(15)24-18)22-19(26)17-12-21-20(27-2)25(17)14-8-4-3-5-9-14/h3-13H,1-2H3,(H,22,26)(H,23,24). The molecular formula is C20H19N5OS. The third-order valence-corrected chi connectivity index (χ3v) is 4.98. The third kappa shape index (κ3) is 3.33. The average molecular weight is 377 g/mol. The highest BCUT2D eigenvalue weighted by Gasteiger charge is 2.20. The van der Waals surface area contributed by atoms with Gasteiger partial charge in [-0.05, 0) is 37.4 Å². The molecule has 2 aromatic heterocycles. The topological polar surface area (TPSA) is 75.6 Å². The first-order chi connectivity index (χ1) is 13.2. The van der Waals surface area contributed by atoms with Crippen LogP contribution in [-0.4, -0.2) is 31.7 Å². The molecule has 6 nitrogen and oxygen atoms in total. The van der Waals surface area contributed by atoms with Gasteiger partial charge in [-0.3, -0.25) is 9.36 Å². The number of nitrogens with one attached hydrogen (secondary N) is 2. The molecule has 0 aliphatic heterocycles. The Kier molecular flexibility index (Phi) is 4.68. The van der Waals surface area contributed by atoms with E-state index in [0.29, 0.717) is 5.69 Å². The Morgan fingerprint density at radius 3 is 2.63 bits per heavy atom. The Balaban J connectivity index is 1.62. The number of nitrogens with zero attached hydrogens (tertiary/aromatic N) is 3. The minimum absolute atomic E-state index is 0.195. The van der Waals surface area contributed by atoms with Crippen LogP contribution in [-0.2, 0) is 0 Å². The van der Waals surface area contributed by atoms with Crippen molar-refractivity contribution in [2.45, 2.75) is 18.1 Å². The summed E-state index contributed by atoms with van der Waals surface area (Å²) in [6, 6.07) is 17.3. The van der Waals surface area contributed by atoms with Crippen molar-refractivity contribution in [3.05, 3.63) is 72.3 Å². The molecule has 2 heterocycles. The minimum Gasteiger partial charge on any atom is -0.341 e. The smallest absolute Gasteiger partial charge is 0.270 e. The summed E-state index contributed by atoms with van der Waals surface area (Å²) in [6.07, 6.45) is 3.56. The summed E-state index contributed by atoms with van der Waals surface area (Å²) in [5.74, 6) is 0.528. The maximum Gasteiger partial charge on any atom is 0.270 e. The van der Waals surface area contributed by atoms with E-state index in [1.807, 2.05) is 72.3 Å². The van der Waals surface area contributed by atoms with E-state index in [2.05, 4.69) is 20.3 Å². The second kappa shape index (κ2) is 7.28. The fourth-order valence-corrected chi connectivity index (χ4v) is 3.53. The zero-order valence-electron chi connectivity index (χ0n) is 15.0. The Hall–Kier alpha value is -3.06. The first-order valence-electron chi connectivity index (χ1n) is 8.60. The molecule has 4 rings (SSSR count). The molecule has 0 saturated carbocycles. The predicted molar refractivity (Wildman–Crippen MR) is 107 cm³/mol. The fourth-order valence-electron chi connectivity index (χ4n) is 2.98. The second-order valence-corrected chi connectivity index (χ2v) is 6.91. The van der Waals surface area contributed by atoms with Crippen LogP contribution >= 0.6 is 11.8 Å². The summed E-state index contributed by atoms with van der Waals surface area (Å²) in [5, 5.41) is 3.78. The van der Waals surface area contributed by atoms with Gasteiger partial charge in [-0.15, -0.1) is 0 Å². The molecule has 1 amide bonds. The predicted octanol–water partition coefficient (Wildman–Crippen LogP) is 3.96. The Morgan fingerprint density at radius 2 is 1.89 bits per heavy atom. The van der Waals surface area contributed by atoms with Crippen LogP contribution in [0, 0.1) is 0 Å². The molecule has 0 aliphatic rings. The van der Waals surface area contributed by atoms with E-state index in [-0.39, 0.29) is 11.9 Å². The molecular weight excluding hydrogens is 358 g/mol. The van der Waals surface area contributed by atoms with E-state index >= 15 is 0 Å². The van der Waals surface area contributed by atoms with Crippen LogP contribution in [0.15, 0.2) is 66.0 Å². The number of fused-ring (bicyclic) bond motifs is 1. The molecule has 2 N–H and O–H groups in total. The summed E-state index contributed by atoms with van der Waals surface area (Å²) in [5.41, 5.74) is 3.23. The van der Waals surface area contributed by atoms with Gasteiger partial charge in [-0.25, -0.2) is 9.97 Å². The molecule has 136 valence electrons. The quantitative estimate of drug-likeness (QED) is 0.516. The number of carbonyl (C=O) groups excluding carboxylic acids is 1. The summed E-state index contributed by atoms with van der Waals surface area (Å²) >= 11 is 1.50. The lowest BCUT2D eigenvalue weighted by molar-refractivity contribution is 0.0931. The molecule has 0 saturated heterocycles. The van der Waals surface area contributed by atoms with Crippen molar-refractivity contribution in [1.29, 1.82) is 0 Å². The van der Waals surface area contributed by atoms with Gasteiger partial charge in [-0.2, -0.15) is 0 Å². The van der Waals surface area contributed by atoms with Gasteiger partial charge in [-0.1, -0.05) is 42.1 Å². The Labute approximate surface area is 161 Å². The highest BCUT2D eigenvalue weighted by Crippen LogP contribution is 2.22. The van der Waals surface area contributed by atoms with Gasteiger partial charge in [0.2, 0.25) is 0 Å². The molecule has 7 heteroatoms. The summed E-state index contributed by atoms with van der Waals surface area (Å²) < 4.78 is 1.87. The molecule has 1 unspecified atom stereocenters. The lowest BCUT2D eigenvalue weighted by Crippen LogP contribution is -2.29. The van der Waals surface area contributed by atoms with Crippen LogP contribution in [0.25, 0.3) is 16.7 Å². The van der Waals surface area contributed by atoms with E-state index in [0.717, 1.165) is 27.7 Å². The molecule has 0 spiro atoms. The molecule has 0 radical (unpaired) electrons.